The van der Waals surface area contributed by atoms with Gasteiger partial charge in [-0.3, -0.25) is 4.79 Å². The van der Waals surface area contributed by atoms with Crippen LogP contribution in [0, 0.1) is 5.92 Å². The zero-order chi connectivity index (χ0) is 16.3. The van der Waals surface area contributed by atoms with Crippen LogP contribution in [0.2, 0.25) is 0 Å². The summed E-state index contributed by atoms with van der Waals surface area (Å²) >= 11 is 1.64. The zero-order valence-electron chi connectivity index (χ0n) is 13.7. The van der Waals surface area contributed by atoms with Gasteiger partial charge in [0.1, 0.15) is 5.60 Å². The molecule has 2 amide bonds. The number of likely N-dealkylation sites (tertiary alicyclic amines) is 1. The number of ether oxygens (including phenoxy) is 1. The molecule has 5 nitrogen and oxygen atoms in total. The molecular formula is C16H24N2O3S. The molecule has 0 radical (unpaired) electrons. The van der Waals surface area contributed by atoms with Gasteiger partial charge in [-0.1, -0.05) is 6.07 Å². The van der Waals surface area contributed by atoms with Gasteiger partial charge in [0.05, 0.1) is 12.5 Å². The Balaban J connectivity index is 1.86. The lowest BCUT2D eigenvalue weighted by Gasteiger charge is -2.25. The monoisotopic (exact) mass is 324 g/mol. The van der Waals surface area contributed by atoms with Crippen LogP contribution in [-0.4, -0.2) is 47.5 Å². The first-order valence-corrected chi connectivity index (χ1v) is 8.39. The lowest BCUT2D eigenvalue weighted by molar-refractivity contribution is -0.134. The summed E-state index contributed by atoms with van der Waals surface area (Å²) in [6.45, 7) is 7.19. The molecule has 0 aromatic carbocycles. The Morgan fingerprint density at radius 2 is 2.18 bits per heavy atom. The molecule has 0 spiro atoms. The number of thiophene rings is 1. The SMILES string of the molecule is CN(Cc1cccs1)C(=O)[C@H]1CCN(C(=O)OC(C)(C)C)C1. The molecule has 6 heteroatoms. The van der Waals surface area contributed by atoms with E-state index in [1.165, 1.54) is 0 Å². The number of carbonyl (C=O) groups is 2. The van der Waals surface area contributed by atoms with Crippen molar-refractivity contribution in [2.24, 2.45) is 5.92 Å². The molecule has 122 valence electrons. The second-order valence-corrected chi connectivity index (χ2v) is 7.72. The van der Waals surface area contributed by atoms with Crippen LogP contribution in [0.25, 0.3) is 0 Å². The molecule has 1 aliphatic heterocycles. The van der Waals surface area contributed by atoms with E-state index in [2.05, 4.69) is 0 Å². The van der Waals surface area contributed by atoms with Crippen LogP contribution in [0.3, 0.4) is 0 Å². The number of hydrogen-bond donors (Lipinski definition) is 0. The van der Waals surface area contributed by atoms with E-state index in [0.717, 1.165) is 4.88 Å². The van der Waals surface area contributed by atoms with Gasteiger partial charge in [-0.05, 0) is 38.6 Å². The van der Waals surface area contributed by atoms with Crippen LogP contribution in [-0.2, 0) is 16.1 Å². The van der Waals surface area contributed by atoms with E-state index in [1.54, 1.807) is 21.1 Å². The first-order chi connectivity index (χ1) is 10.3. The molecule has 1 saturated heterocycles. The number of amides is 2. The van der Waals surface area contributed by atoms with Crippen molar-refractivity contribution in [1.29, 1.82) is 0 Å². The summed E-state index contributed by atoms with van der Waals surface area (Å²) in [6.07, 6.45) is 0.371. The first-order valence-electron chi connectivity index (χ1n) is 7.51. The molecule has 1 aliphatic rings. The minimum Gasteiger partial charge on any atom is -0.444 e. The van der Waals surface area contributed by atoms with E-state index in [4.69, 9.17) is 4.74 Å². The lowest BCUT2D eigenvalue weighted by atomic mass is 10.1. The van der Waals surface area contributed by atoms with Crippen molar-refractivity contribution in [1.82, 2.24) is 9.80 Å². The molecule has 1 fully saturated rings. The summed E-state index contributed by atoms with van der Waals surface area (Å²) in [5.41, 5.74) is -0.505. The maximum atomic E-state index is 12.5. The molecule has 2 rings (SSSR count). The van der Waals surface area contributed by atoms with E-state index < -0.39 is 5.60 Å². The standard InChI is InChI=1S/C16H24N2O3S/c1-16(2,3)21-15(20)18-8-7-12(10-18)14(19)17(4)11-13-6-5-9-22-13/h5-6,9,12H,7-8,10-11H2,1-4H3/t12-/m0/s1. The second-order valence-electron chi connectivity index (χ2n) is 6.69. The van der Waals surface area contributed by atoms with Gasteiger partial charge in [-0.15, -0.1) is 11.3 Å². The van der Waals surface area contributed by atoms with Crippen molar-refractivity contribution in [3.63, 3.8) is 0 Å². The molecule has 0 saturated carbocycles. The zero-order valence-corrected chi connectivity index (χ0v) is 14.5. The first kappa shape index (κ1) is 16.8. The molecule has 1 aromatic rings. The fourth-order valence-electron chi connectivity index (χ4n) is 2.48. The van der Waals surface area contributed by atoms with Crippen LogP contribution < -0.4 is 0 Å². The summed E-state index contributed by atoms with van der Waals surface area (Å²) in [6, 6.07) is 4.01. The second kappa shape index (κ2) is 6.69. The topological polar surface area (TPSA) is 49.9 Å². The van der Waals surface area contributed by atoms with Gasteiger partial charge in [0.2, 0.25) is 5.91 Å². The molecule has 0 N–H and O–H groups in total. The van der Waals surface area contributed by atoms with E-state index in [9.17, 15) is 9.59 Å². The predicted molar refractivity (Wildman–Crippen MR) is 86.7 cm³/mol. The van der Waals surface area contributed by atoms with Gasteiger partial charge in [0.15, 0.2) is 0 Å². The minimum absolute atomic E-state index is 0.0967. The van der Waals surface area contributed by atoms with E-state index in [-0.39, 0.29) is 17.9 Å². The van der Waals surface area contributed by atoms with E-state index >= 15 is 0 Å². The average Bonchev–Trinajstić information content (AvgIpc) is 3.06. The molecule has 0 aliphatic carbocycles. The summed E-state index contributed by atoms with van der Waals surface area (Å²) in [5.74, 6) is -0.0306. The molecule has 0 unspecified atom stereocenters. The number of carbonyl (C=O) groups excluding carboxylic acids is 2. The van der Waals surface area contributed by atoms with Gasteiger partial charge in [-0.2, -0.15) is 0 Å². The summed E-state index contributed by atoms with van der Waals surface area (Å²) in [7, 11) is 1.82. The van der Waals surface area contributed by atoms with Gasteiger partial charge in [0, 0.05) is 25.0 Å². The van der Waals surface area contributed by atoms with Gasteiger partial charge in [0.25, 0.3) is 0 Å². The Hall–Kier alpha value is -1.56. The van der Waals surface area contributed by atoms with Crippen LogP contribution in [0.5, 0.6) is 0 Å². The van der Waals surface area contributed by atoms with Crippen LogP contribution >= 0.6 is 11.3 Å². The van der Waals surface area contributed by atoms with Crippen molar-refractivity contribution in [3.8, 4) is 0 Å². The largest absolute Gasteiger partial charge is 0.444 e. The molecule has 1 aromatic heterocycles. The lowest BCUT2D eigenvalue weighted by Crippen LogP contribution is -2.38. The molecule has 0 bridgehead atoms. The van der Waals surface area contributed by atoms with Crippen LogP contribution in [0.4, 0.5) is 4.79 Å². The molecular weight excluding hydrogens is 300 g/mol. The Bertz CT molecular complexity index is 522. The highest BCUT2D eigenvalue weighted by atomic mass is 32.1. The fourth-order valence-corrected chi connectivity index (χ4v) is 3.24. The van der Waals surface area contributed by atoms with Crippen molar-refractivity contribution >= 4 is 23.3 Å². The third kappa shape index (κ3) is 4.47. The Kier molecular flexibility index (Phi) is 5.11. The third-order valence-electron chi connectivity index (χ3n) is 3.54. The van der Waals surface area contributed by atoms with Crippen LogP contribution in [0.15, 0.2) is 17.5 Å². The van der Waals surface area contributed by atoms with Gasteiger partial charge < -0.3 is 14.5 Å². The minimum atomic E-state index is -0.505. The van der Waals surface area contributed by atoms with E-state index in [1.807, 2.05) is 45.3 Å². The highest BCUT2D eigenvalue weighted by molar-refractivity contribution is 7.09. The normalized spacial score (nSPS) is 18.4. The number of nitrogens with zero attached hydrogens (tertiary/aromatic N) is 2. The third-order valence-corrected chi connectivity index (χ3v) is 4.40. The summed E-state index contributed by atoms with van der Waals surface area (Å²) in [4.78, 5) is 29.1. The van der Waals surface area contributed by atoms with Crippen molar-refractivity contribution in [3.05, 3.63) is 22.4 Å². The fraction of sp³-hybridized carbons (Fsp3) is 0.625. The van der Waals surface area contributed by atoms with Crippen molar-refractivity contribution in [2.75, 3.05) is 20.1 Å². The molecule has 22 heavy (non-hydrogen) atoms. The highest BCUT2D eigenvalue weighted by Crippen LogP contribution is 2.22. The highest BCUT2D eigenvalue weighted by Gasteiger charge is 2.34. The summed E-state index contributed by atoms with van der Waals surface area (Å²) < 4.78 is 5.36. The van der Waals surface area contributed by atoms with Gasteiger partial charge in [-0.25, -0.2) is 4.79 Å². The molecule has 1 atom stereocenters. The van der Waals surface area contributed by atoms with Gasteiger partial charge >= 0.3 is 6.09 Å². The average molecular weight is 324 g/mol. The number of hydrogen-bond acceptors (Lipinski definition) is 4. The summed E-state index contributed by atoms with van der Waals surface area (Å²) in [5, 5.41) is 2.01. The van der Waals surface area contributed by atoms with E-state index in [0.29, 0.717) is 26.1 Å². The van der Waals surface area contributed by atoms with Crippen LogP contribution in [0.1, 0.15) is 32.1 Å². The maximum Gasteiger partial charge on any atom is 0.410 e. The Morgan fingerprint density at radius 3 is 2.77 bits per heavy atom. The Morgan fingerprint density at radius 1 is 1.45 bits per heavy atom. The predicted octanol–water partition coefficient (Wildman–Crippen LogP) is 2.96. The quantitative estimate of drug-likeness (QED) is 0.859. The Labute approximate surface area is 135 Å². The van der Waals surface area contributed by atoms with Crippen molar-refractivity contribution < 1.29 is 14.3 Å². The number of rotatable bonds is 3. The van der Waals surface area contributed by atoms with Crippen molar-refractivity contribution in [2.45, 2.75) is 39.3 Å². The smallest absolute Gasteiger partial charge is 0.410 e. The maximum absolute atomic E-state index is 12.5. The molecule has 2 heterocycles.